The maximum atomic E-state index is 12.4. The third kappa shape index (κ3) is 2.19. The number of rotatable bonds is 2. The van der Waals surface area contributed by atoms with E-state index in [0.717, 1.165) is 17.3 Å². The van der Waals surface area contributed by atoms with Crippen LogP contribution in [0.4, 0.5) is 5.69 Å². The van der Waals surface area contributed by atoms with Gasteiger partial charge in [0.1, 0.15) is 6.10 Å². The first-order chi connectivity index (χ1) is 9.74. The van der Waals surface area contributed by atoms with E-state index in [-0.39, 0.29) is 22.9 Å². The highest BCUT2D eigenvalue weighted by atomic mass is 79.9. The van der Waals surface area contributed by atoms with E-state index in [0.29, 0.717) is 17.2 Å². The standard InChI is InChI=1S/C17H22BrNO2/c1-16(2)11-4-5-17(16,3)14(8-11)21-15(20)10-6-12(18)9-13(19)7-10/h6-7,9,11,14H,4-5,8,19H2,1-3H3. The summed E-state index contributed by atoms with van der Waals surface area (Å²) in [6, 6.07) is 5.21. The molecule has 0 radical (unpaired) electrons. The second-order valence-electron chi connectivity index (χ2n) is 7.28. The second-order valence-corrected chi connectivity index (χ2v) is 8.19. The van der Waals surface area contributed by atoms with Crippen LogP contribution < -0.4 is 5.73 Å². The van der Waals surface area contributed by atoms with Gasteiger partial charge >= 0.3 is 5.97 Å². The molecular weight excluding hydrogens is 330 g/mol. The summed E-state index contributed by atoms with van der Waals surface area (Å²) in [6.45, 7) is 6.90. The van der Waals surface area contributed by atoms with Crippen molar-refractivity contribution >= 4 is 27.6 Å². The molecule has 3 atom stereocenters. The number of carbonyl (C=O) groups excluding carboxylic acids is 1. The number of nitrogens with two attached hydrogens (primary N) is 1. The van der Waals surface area contributed by atoms with Crippen LogP contribution in [0.2, 0.25) is 0 Å². The molecule has 1 aromatic rings. The van der Waals surface area contributed by atoms with Crippen LogP contribution in [0, 0.1) is 16.7 Å². The number of carbonyl (C=O) groups is 1. The second kappa shape index (κ2) is 4.73. The molecule has 21 heavy (non-hydrogen) atoms. The quantitative estimate of drug-likeness (QED) is 0.634. The molecule has 0 spiro atoms. The number of nitrogen functional groups attached to an aromatic ring is 1. The lowest BCUT2D eigenvalue weighted by molar-refractivity contribution is -0.0242. The van der Waals surface area contributed by atoms with Crippen molar-refractivity contribution in [2.75, 3.05) is 5.73 Å². The third-order valence-corrected chi connectivity index (χ3v) is 6.58. The maximum absolute atomic E-state index is 12.4. The van der Waals surface area contributed by atoms with Crippen molar-refractivity contribution in [1.29, 1.82) is 0 Å². The fraction of sp³-hybridized carbons (Fsp3) is 0.588. The van der Waals surface area contributed by atoms with Gasteiger partial charge in [0.05, 0.1) is 5.56 Å². The SMILES string of the molecule is CC1(C)C2CCC1(C)C(OC(=O)c1cc(N)cc(Br)c1)C2. The molecule has 2 N–H and O–H groups in total. The predicted octanol–water partition coefficient (Wildman–Crippen LogP) is 4.40. The Hall–Kier alpha value is -1.03. The van der Waals surface area contributed by atoms with Crippen LogP contribution >= 0.6 is 15.9 Å². The highest BCUT2D eigenvalue weighted by molar-refractivity contribution is 9.10. The van der Waals surface area contributed by atoms with Crippen LogP contribution in [-0.2, 0) is 4.74 Å². The average Bonchev–Trinajstić information content (AvgIpc) is 2.70. The zero-order valence-corrected chi connectivity index (χ0v) is 14.4. The number of ether oxygens (including phenoxy) is 1. The first-order valence-electron chi connectivity index (χ1n) is 7.51. The molecule has 0 aromatic heterocycles. The van der Waals surface area contributed by atoms with E-state index in [4.69, 9.17) is 10.5 Å². The van der Waals surface area contributed by atoms with Crippen molar-refractivity contribution in [3.8, 4) is 0 Å². The fourth-order valence-corrected chi connectivity index (χ4v) is 4.75. The van der Waals surface area contributed by atoms with Gasteiger partial charge in [-0.15, -0.1) is 0 Å². The predicted molar refractivity (Wildman–Crippen MR) is 87.0 cm³/mol. The van der Waals surface area contributed by atoms with Gasteiger partial charge in [-0.05, 0) is 48.8 Å². The van der Waals surface area contributed by atoms with Gasteiger partial charge in [-0.2, -0.15) is 0 Å². The summed E-state index contributed by atoms with van der Waals surface area (Å²) in [5.74, 6) is 0.394. The number of fused-ring (bicyclic) bond motifs is 2. The van der Waals surface area contributed by atoms with Crippen molar-refractivity contribution in [2.45, 2.75) is 46.1 Å². The molecule has 2 fully saturated rings. The van der Waals surface area contributed by atoms with E-state index in [2.05, 4.69) is 36.7 Å². The smallest absolute Gasteiger partial charge is 0.338 e. The van der Waals surface area contributed by atoms with E-state index in [1.807, 2.05) is 0 Å². The minimum Gasteiger partial charge on any atom is -0.458 e. The summed E-state index contributed by atoms with van der Waals surface area (Å²) in [5.41, 5.74) is 7.21. The summed E-state index contributed by atoms with van der Waals surface area (Å²) in [5, 5.41) is 0. The first kappa shape index (κ1) is 14.9. The molecule has 0 saturated heterocycles. The van der Waals surface area contributed by atoms with E-state index >= 15 is 0 Å². The molecule has 114 valence electrons. The number of halogens is 1. The lowest BCUT2D eigenvalue weighted by atomic mass is 9.70. The van der Waals surface area contributed by atoms with Crippen molar-refractivity contribution in [2.24, 2.45) is 16.7 Å². The van der Waals surface area contributed by atoms with Gasteiger partial charge in [-0.25, -0.2) is 4.79 Å². The minimum atomic E-state index is -0.266. The molecule has 2 saturated carbocycles. The lowest BCUT2D eigenvalue weighted by Crippen LogP contribution is -2.38. The van der Waals surface area contributed by atoms with Gasteiger partial charge in [0, 0.05) is 15.6 Å². The van der Waals surface area contributed by atoms with Gasteiger partial charge < -0.3 is 10.5 Å². The van der Waals surface area contributed by atoms with Crippen LogP contribution in [0.1, 0.15) is 50.4 Å². The largest absolute Gasteiger partial charge is 0.458 e. The van der Waals surface area contributed by atoms with Crippen LogP contribution in [0.5, 0.6) is 0 Å². The Morgan fingerprint density at radius 3 is 2.57 bits per heavy atom. The van der Waals surface area contributed by atoms with Crippen LogP contribution in [0.25, 0.3) is 0 Å². The van der Waals surface area contributed by atoms with E-state index in [1.165, 1.54) is 6.42 Å². The first-order valence-corrected chi connectivity index (χ1v) is 8.30. The minimum absolute atomic E-state index is 0.0129. The van der Waals surface area contributed by atoms with E-state index in [9.17, 15) is 4.79 Å². The summed E-state index contributed by atoms with van der Waals surface area (Å²) >= 11 is 3.37. The molecule has 3 unspecified atom stereocenters. The topological polar surface area (TPSA) is 52.3 Å². The molecule has 0 aliphatic heterocycles. The summed E-state index contributed by atoms with van der Waals surface area (Å²) in [6.07, 6.45) is 3.39. The molecule has 3 rings (SSSR count). The van der Waals surface area contributed by atoms with E-state index < -0.39 is 0 Å². The fourth-order valence-electron chi connectivity index (χ4n) is 4.24. The summed E-state index contributed by atoms with van der Waals surface area (Å²) < 4.78 is 6.66. The number of hydrogen-bond donors (Lipinski definition) is 1. The average molecular weight is 352 g/mol. The molecule has 4 heteroatoms. The van der Waals surface area contributed by atoms with Crippen molar-refractivity contribution in [3.05, 3.63) is 28.2 Å². The Morgan fingerprint density at radius 2 is 2.05 bits per heavy atom. The molecule has 2 aliphatic rings. The van der Waals surface area contributed by atoms with Crippen LogP contribution in [0.3, 0.4) is 0 Å². The van der Waals surface area contributed by atoms with Gasteiger partial charge in [-0.3, -0.25) is 0 Å². The highest BCUT2D eigenvalue weighted by Crippen LogP contribution is 2.66. The van der Waals surface area contributed by atoms with Gasteiger partial charge in [0.15, 0.2) is 0 Å². The van der Waals surface area contributed by atoms with Crippen molar-refractivity contribution < 1.29 is 9.53 Å². The van der Waals surface area contributed by atoms with Crippen molar-refractivity contribution in [3.63, 3.8) is 0 Å². The van der Waals surface area contributed by atoms with Gasteiger partial charge in [0.25, 0.3) is 0 Å². The maximum Gasteiger partial charge on any atom is 0.338 e. The Balaban J connectivity index is 1.80. The molecule has 0 amide bonds. The normalized spacial score (nSPS) is 33.1. The Morgan fingerprint density at radius 1 is 1.33 bits per heavy atom. The number of anilines is 1. The summed E-state index contributed by atoms with van der Waals surface area (Å²) in [4.78, 5) is 12.4. The van der Waals surface area contributed by atoms with E-state index in [1.54, 1.807) is 18.2 Å². The third-order valence-electron chi connectivity index (χ3n) is 6.12. The molecule has 3 nitrogen and oxygen atoms in total. The molecular formula is C17H22BrNO2. The zero-order chi connectivity index (χ0) is 15.4. The van der Waals surface area contributed by atoms with Crippen LogP contribution in [0.15, 0.2) is 22.7 Å². The zero-order valence-electron chi connectivity index (χ0n) is 12.8. The molecule has 2 aliphatic carbocycles. The number of esters is 1. The number of hydrogen-bond acceptors (Lipinski definition) is 3. The molecule has 1 aromatic carbocycles. The van der Waals surface area contributed by atoms with Crippen LogP contribution in [-0.4, -0.2) is 12.1 Å². The van der Waals surface area contributed by atoms with Gasteiger partial charge in [-0.1, -0.05) is 36.7 Å². The Kier molecular flexibility index (Phi) is 3.36. The Labute approximate surface area is 134 Å². The van der Waals surface area contributed by atoms with Crippen molar-refractivity contribution in [1.82, 2.24) is 0 Å². The monoisotopic (exact) mass is 351 g/mol. The lowest BCUT2D eigenvalue weighted by Gasteiger charge is -2.38. The number of benzene rings is 1. The molecule has 2 bridgehead atoms. The highest BCUT2D eigenvalue weighted by Gasteiger charge is 2.62. The summed E-state index contributed by atoms with van der Waals surface area (Å²) in [7, 11) is 0. The molecule has 0 heterocycles. The van der Waals surface area contributed by atoms with Gasteiger partial charge in [0.2, 0.25) is 0 Å². The Bertz CT molecular complexity index is 578.